The highest BCUT2D eigenvalue weighted by Gasteiger charge is 2.13. The molecule has 0 bridgehead atoms. The minimum atomic E-state index is -1.19. The molecule has 0 aliphatic heterocycles. The summed E-state index contributed by atoms with van der Waals surface area (Å²) in [6.45, 7) is 0. The first kappa shape index (κ1) is 13.6. The van der Waals surface area contributed by atoms with E-state index in [0.29, 0.717) is 16.6 Å². The van der Waals surface area contributed by atoms with Gasteiger partial charge in [-0.2, -0.15) is 20.9 Å². The summed E-state index contributed by atoms with van der Waals surface area (Å²) < 4.78 is 0. The van der Waals surface area contributed by atoms with Gasteiger partial charge in [-0.15, -0.1) is 0 Å². The van der Waals surface area contributed by atoms with E-state index in [9.17, 15) is 4.79 Å². The number of carboxylic acids is 1. The second kappa shape index (κ2) is 5.43. The number of nitriles is 3. The maximum Gasteiger partial charge on any atom is 0.357 e. The van der Waals surface area contributed by atoms with Crippen LogP contribution in [0.5, 0.6) is 0 Å². The van der Waals surface area contributed by atoms with E-state index in [0.717, 1.165) is 0 Å². The van der Waals surface area contributed by atoms with Gasteiger partial charge >= 0.3 is 5.97 Å². The highest BCUT2D eigenvalue weighted by atomic mass is 16.4. The fourth-order valence-corrected chi connectivity index (χ4v) is 1.68. The van der Waals surface area contributed by atoms with Crippen molar-refractivity contribution in [1.29, 1.82) is 15.8 Å². The zero-order valence-electron chi connectivity index (χ0n) is 10.4. The molecule has 0 fully saturated rings. The molecule has 2 aromatic rings. The predicted octanol–water partition coefficient (Wildman–Crippen LogP) is 1.50. The largest absolute Gasteiger partial charge is 0.476 e. The van der Waals surface area contributed by atoms with Crippen molar-refractivity contribution in [2.75, 3.05) is 5.32 Å². The van der Waals surface area contributed by atoms with E-state index in [2.05, 4.69) is 15.5 Å². The van der Waals surface area contributed by atoms with E-state index in [1.165, 1.54) is 6.07 Å². The van der Waals surface area contributed by atoms with Crippen LogP contribution in [0.3, 0.4) is 0 Å². The fraction of sp³-hybridized carbons (Fsp3) is 0. The number of carbonyl (C=O) groups is 1. The van der Waals surface area contributed by atoms with Crippen molar-refractivity contribution in [3.8, 4) is 18.2 Å². The van der Waals surface area contributed by atoms with E-state index in [-0.39, 0.29) is 17.0 Å². The molecule has 0 unspecified atom stereocenters. The van der Waals surface area contributed by atoms with Gasteiger partial charge in [-0.05, 0) is 18.2 Å². The summed E-state index contributed by atoms with van der Waals surface area (Å²) in [5.74, 6) is -1.19. The number of allylic oxidation sites excluding steroid dienone is 2. The van der Waals surface area contributed by atoms with Gasteiger partial charge in [0.1, 0.15) is 23.9 Å². The third-order valence-corrected chi connectivity index (χ3v) is 2.62. The number of aromatic nitrogens is 2. The molecule has 21 heavy (non-hydrogen) atoms. The summed E-state index contributed by atoms with van der Waals surface area (Å²) in [7, 11) is 0. The number of benzene rings is 1. The Morgan fingerprint density at radius 3 is 2.52 bits per heavy atom. The first-order valence-corrected chi connectivity index (χ1v) is 5.53. The lowest BCUT2D eigenvalue weighted by Gasteiger charge is -2.04. The summed E-state index contributed by atoms with van der Waals surface area (Å²) in [5.41, 5.74) is 0.159. The molecule has 100 valence electrons. The SMILES string of the molecule is N#CC(C#N)=C(C#N)Nc1ccc2[nH]nc(C(=O)O)c2c1. The average Bonchev–Trinajstić information content (AvgIpc) is 2.90. The monoisotopic (exact) mass is 278 g/mol. The number of anilines is 1. The molecule has 0 aliphatic carbocycles. The smallest absolute Gasteiger partial charge is 0.357 e. The van der Waals surface area contributed by atoms with Crippen molar-refractivity contribution in [2.24, 2.45) is 0 Å². The Hall–Kier alpha value is -3.83. The quantitative estimate of drug-likeness (QED) is 0.719. The third-order valence-electron chi connectivity index (χ3n) is 2.62. The van der Waals surface area contributed by atoms with E-state index < -0.39 is 5.97 Å². The number of hydrogen-bond acceptors (Lipinski definition) is 6. The van der Waals surface area contributed by atoms with Crippen LogP contribution in [0.4, 0.5) is 5.69 Å². The van der Waals surface area contributed by atoms with Crippen LogP contribution in [0.2, 0.25) is 0 Å². The number of nitrogens with zero attached hydrogens (tertiary/aromatic N) is 4. The lowest BCUT2D eigenvalue weighted by atomic mass is 10.1. The molecule has 3 N–H and O–H groups in total. The summed E-state index contributed by atoms with van der Waals surface area (Å²) in [4.78, 5) is 11.0. The topological polar surface area (TPSA) is 149 Å². The van der Waals surface area contributed by atoms with Crippen LogP contribution >= 0.6 is 0 Å². The highest BCUT2D eigenvalue weighted by Crippen LogP contribution is 2.22. The van der Waals surface area contributed by atoms with Gasteiger partial charge in [0.25, 0.3) is 0 Å². The van der Waals surface area contributed by atoms with Gasteiger partial charge in [-0.3, -0.25) is 5.10 Å². The van der Waals surface area contributed by atoms with Crippen molar-refractivity contribution in [2.45, 2.75) is 0 Å². The van der Waals surface area contributed by atoms with Crippen LogP contribution in [0.25, 0.3) is 10.9 Å². The summed E-state index contributed by atoms with van der Waals surface area (Å²) >= 11 is 0. The Morgan fingerprint density at radius 1 is 1.24 bits per heavy atom. The highest BCUT2D eigenvalue weighted by molar-refractivity contribution is 6.02. The van der Waals surface area contributed by atoms with Gasteiger partial charge in [0.15, 0.2) is 11.3 Å². The Bertz CT molecular complexity index is 872. The molecule has 0 saturated heterocycles. The van der Waals surface area contributed by atoms with Crippen molar-refractivity contribution < 1.29 is 9.90 Å². The van der Waals surface area contributed by atoms with Crippen LogP contribution in [0.1, 0.15) is 10.5 Å². The number of aromatic carboxylic acids is 1. The van der Waals surface area contributed by atoms with Crippen LogP contribution in [0.15, 0.2) is 29.5 Å². The third kappa shape index (κ3) is 2.48. The van der Waals surface area contributed by atoms with E-state index in [1.807, 2.05) is 0 Å². The lowest BCUT2D eigenvalue weighted by Crippen LogP contribution is -2.01. The molecule has 0 spiro atoms. The molecule has 0 amide bonds. The number of aromatic amines is 1. The van der Waals surface area contributed by atoms with E-state index in [1.54, 1.807) is 30.3 Å². The number of carboxylic acid groups (broad SMARTS) is 1. The van der Waals surface area contributed by atoms with Crippen LogP contribution < -0.4 is 5.32 Å². The molecule has 0 aliphatic rings. The minimum absolute atomic E-state index is 0.156. The van der Waals surface area contributed by atoms with Crippen molar-refractivity contribution in [3.63, 3.8) is 0 Å². The number of rotatable bonds is 3. The van der Waals surface area contributed by atoms with E-state index >= 15 is 0 Å². The minimum Gasteiger partial charge on any atom is -0.476 e. The second-order valence-corrected chi connectivity index (χ2v) is 3.85. The van der Waals surface area contributed by atoms with Gasteiger partial charge < -0.3 is 10.4 Å². The lowest BCUT2D eigenvalue weighted by molar-refractivity contribution is 0.0692. The summed E-state index contributed by atoms with van der Waals surface area (Å²) in [5, 5.41) is 44.7. The van der Waals surface area contributed by atoms with Gasteiger partial charge in [-0.25, -0.2) is 4.79 Å². The Labute approximate surface area is 118 Å². The van der Waals surface area contributed by atoms with Crippen LogP contribution in [0, 0.1) is 34.0 Å². The Morgan fingerprint density at radius 2 is 1.95 bits per heavy atom. The maximum atomic E-state index is 11.0. The molecule has 2 rings (SSSR count). The molecule has 1 aromatic carbocycles. The molecule has 8 heteroatoms. The summed E-state index contributed by atoms with van der Waals surface area (Å²) in [6, 6.07) is 9.53. The number of fused-ring (bicyclic) bond motifs is 1. The Balaban J connectivity index is 2.50. The molecule has 1 heterocycles. The van der Waals surface area contributed by atoms with Crippen molar-refractivity contribution in [1.82, 2.24) is 10.2 Å². The number of nitrogens with one attached hydrogen (secondary N) is 2. The van der Waals surface area contributed by atoms with Crippen LogP contribution in [-0.2, 0) is 0 Å². The first-order valence-electron chi connectivity index (χ1n) is 5.53. The first-order chi connectivity index (χ1) is 10.1. The van der Waals surface area contributed by atoms with Crippen LogP contribution in [-0.4, -0.2) is 21.3 Å². The fourth-order valence-electron chi connectivity index (χ4n) is 1.68. The van der Waals surface area contributed by atoms with Gasteiger partial charge in [-0.1, -0.05) is 0 Å². The molecule has 0 atom stereocenters. The zero-order valence-corrected chi connectivity index (χ0v) is 10.4. The summed E-state index contributed by atoms with van der Waals surface area (Å²) in [6.07, 6.45) is 0. The standard InChI is InChI=1S/C13H6N6O2/c14-4-7(5-15)11(6-16)17-8-1-2-10-9(3-8)12(13(20)21)19-18-10/h1-3,17H,(H,18,19)(H,20,21). The normalized spacial score (nSPS) is 9.19. The molecular formula is C13H6N6O2. The Kier molecular flexibility index (Phi) is 3.52. The molecular weight excluding hydrogens is 272 g/mol. The average molecular weight is 278 g/mol. The molecule has 0 radical (unpaired) electrons. The van der Waals surface area contributed by atoms with Crippen molar-refractivity contribution >= 4 is 22.6 Å². The maximum absolute atomic E-state index is 11.0. The molecule has 1 aromatic heterocycles. The van der Waals surface area contributed by atoms with E-state index in [4.69, 9.17) is 20.9 Å². The molecule has 8 nitrogen and oxygen atoms in total. The second-order valence-electron chi connectivity index (χ2n) is 3.85. The predicted molar refractivity (Wildman–Crippen MR) is 70.5 cm³/mol. The van der Waals surface area contributed by atoms with Gasteiger partial charge in [0.05, 0.1) is 5.52 Å². The van der Waals surface area contributed by atoms with Gasteiger partial charge in [0.2, 0.25) is 0 Å². The molecule has 0 saturated carbocycles. The zero-order chi connectivity index (χ0) is 15.4. The number of hydrogen-bond donors (Lipinski definition) is 3. The van der Waals surface area contributed by atoms with Crippen molar-refractivity contribution in [3.05, 3.63) is 35.2 Å². The number of H-pyrrole nitrogens is 1. The van der Waals surface area contributed by atoms with Gasteiger partial charge in [0, 0.05) is 11.1 Å².